The SMILES string of the molecule is CC(C)(C)OC(=O)N1CCO[C@@H](c2ccc(Cl)c(F)c2)[C@H](CNC(=O)CN2CCC(F)(F)CC2)C1. The number of likely N-dealkylation sites (tertiary alicyclic amines) is 1. The number of piperidine rings is 1. The molecule has 2 aliphatic rings. The predicted molar refractivity (Wildman–Crippen MR) is 125 cm³/mol. The standard InChI is InChI=1S/C24H33ClF3N3O4/c1-23(2,3)35-22(33)31-10-11-34-21(16-4-5-18(25)19(26)12-16)17(14-31)13-29-20(32)15-30-8-6-24(27,28)7-9-30/h4-5,12,17,21H,6-11,13-15H2,1-3H3,(H,29,32)/t17-,21+/m1/s1. The molecule has 1 N–H and O–H groups in total. The van der Waals surface area contributed by atoms with Crippen LogP contribution in [-0.4, -0.2) is 79.2 Å². The molecule has 2 amide bonds. The van der Waals surface area contributed by atoms with Crippen molar-refractivity contribution in [2.75, 3.05) is 45.9 Å². The molecular weight excluding hydrogens is 487 g/mol. The molecule has 11 heteroatoms. The number of rotatable bonds is 5. The summed E-state index contributed by atoms with van der Waals surface area (Å²) in [5, 5.41) is 2.82. The third-order valence-electron chi connectivity index (χ3n) is 5.98. The molecule has 0 saturated carbocycles. The van der Waals surface area contributed by atoms with Gasteiger partial charge in [-0.25, -0.2) is 18.0 Å². The van der Waals surface area contributed by atoms with Gasteiger partial charge in [0.2, 0.25) is 5.91 Å². The lowest BCUT2D eigenvalue weighted by atomic mass is 9.94. The van der Waals surface area contributed by atoms with Gasteiger partial charge < -0.3 is 19.7 Å². The lowest BCUT2D eigenvalue weighted by Gasteiger charge is -2.32. The Kier molecular flexibility index (Phi) is 8.93. The molecule has 3 rings (SSSR count). The van der Waals surface area contributed by atoms with Crippen molar-refractivity contribution in [3.63, 3.8) is 0 Å². The smallest absolute Gasteiger partial charge is 0.410 e. The van der Waals surface area contributed by atoms with Crippen LogP contribution in [0.25, 0.3) is 0 Å². The summed E-state index contributed by atoms with van der Waals surface area (Å²) in [5.41, 5.74) is -0.145. The highest BCUT2D eigenvalue weighted by Gasteiger charge is 2.36. The summed E-state index contributed by atoms with van der Waals surface area (Å²) in [5.74, 6) is -4.01. The van der Waals surface area contributed by atoms with Gasteiger partial charge in [-0.05, 0) is 38.5 Å². The third kappa shape index (κ3) is 8.25. The average Bonchev–Trinajstić information content (AvgIpc) is 2.97. The van der Waals surface area contributed by atoms with E-state index in [4.69, 9.17) is 21.1 Å². The van der Waals surface area contributed by atoms with Crippen LogP contribution in [0, 0.1) is 11.7 Å². The number of amides is 2. The molecular formula is C24H33ClF3N3O4. The second-order valence-corrected chi connectivity index (χ2v) is 10.5. The summed E-state index contributed by atoms with van der Waals surface area (Å²) in [7, 11) is 0. The van der Waals surface area contributed by atoms with Crippen LogP contribution in [0.4, 0.5) is 18.0 Å². The Morgan fingerprint density at radius 2 is 1.91 bits per heavy atom. The van der Waals surface area contributed by atoms with Crippen LogP contribution in [0.2, 0.25) is 5.02 Å². The maximum atomic E-state index is 14.2. The zero-order chi connectivity index (χ0) is 25.8. The Hall–Kier alpha value is -2.04. The molecule has 35 heavy (non-hydrogen) atoms. The van der Waals surface area contributed by atoms with Crippen molar-refractivity contribution in [2.45, 2.75) is 51.2 Å². The number of ether oxygens (including phenoxy) is 2. The minimum Gasteiger partial charge on any atom is -0.444 e. The first-order valence-electron chi connectivity index (χ1n) is 11.7. The molecule has 1 aromatic carbocycles. The van der Waals surface area contributed by atoms with E-state index in [1.165, 1.54) is 17.0 Å². The molecule has 0 radical (unpaired) electrons. The summed E-state index contributed by atoms with van der Waals surface area (Å²) < 4.78 is 52.5. The number of alkyl halides is 2. The fraction of sp³-hybridized carbons (Fsp3) is 0.667. The number of nitrogens with one attached hydrogen (secondary N) is 1. The number of carbonyl (C=O) groups excluding carboxylic acids is 2. The van der Waals surface area contributed by atoms with E-state index in [1.807, 2.05) is 0 Å². The van der Waals surface area contributed by atoms with Gasteiger partial charge in [-0.1, -0.05) is 17.7 Å². The van der Waals surface area contributed by atoms with Gasteiger partial charge in [-0.2, -0.15) is 0 Å². The molecule has 196 valence electrons. The van der Waals surface area contributed by atoms with Gasteiger partial charge >= 0.3 is 6.09 Å². The minimum absolute atomic E-state index is 0.000320. The molecule has 1 aromatic rings. The summed E-state index contributed by atoms with van der Waals surface area (Å²) in [6.07, 6.45) is -1.66. The Labute approximate surface area is 208 Å². The lowest BCUT2D eigenvalue weighted by Crippen LogP contribution is -2.46. The van der Waals surface area contributed by atoms with Crippen LogP contribution < -0.4 is 5.32 Å². The van der Waals surface area contributed by atoms with Crippen molar-refractivity contribution in [2.24, 2.45) is 5.92 Å². The molecule has 0 bridgehead atoms. The number of benzene rings is 1. The van der Waals surface area contributed by atoms with Crippen molar-refractivity contribution in [1.82, 2.24) is 15.1 Å². The van der Waals surface area contributed by atoms with Gasteiger partial charge in [0.25, 0.3) is 5.92 Å². The maximum absolute atomic E-state index is 14.2. The summed E-state index contributed by atoms with van der Waals surface area (Å²) in [4.78, 5) is 28.5. The highest BCUT2D eigenvalue weighted by molar-refractivity contribution is 6.30. The van der Waals surface area contributed by atoms with E-state index in [1.54, 1.807) is 31.7 Å². The quantitative estimate of drug-likeness (QED) is 0.630. The zero-order valence-corrected chi connectivity index (χ0v) is 21.0. The Morgan fingerprint density at radius 3 is 2.54 bits per heavy atom. The molecule has 7 nitrogen and oxygen atoms in total. The van der Waals surface area contributed by atoms with E-state index in [0.717, 1.165) is 0 Å². The third-order valence-corrected chi connectivity index (χ3v) is 6.29. The van der Waals surface area contributed by atoms with Crippen molar-refractivity contribution < 1.29 is 32.2 Å². The van der Waals surface area contributed by atoms with Crippen LogP contribution in [0.1, 0.15) is 45.3 Å². The first-order chi connectivity index (χ1) is 16.3. The molecule has 0 aromatic heterocycles. The lowest BCUT2D eigenvalue weighted by molar-refractivity contribution is -0.124. The Morgan fingerprint density at radius 1 is 1.23 bits per heavy atom. The predicted octanol–water partition coefficient (Wildman–Crippen LogP) is 4.25. The number of hydrogen-bond acceptors (Lipinski definition) is 5. The van der Waals surface area contributed by atoms with E-state index >= 15 is 0 Å². The van der Waals surface area contributed by atoms with Crippen LogP contribution >= 0.6 is 11.6 Å². The van der Waals surface area contributed by atoms with Gasteiger partial charge in [0.1, 0.15) is 11.4 Å². The number of halogens is 4. The summed E-state index contributed by atoms with van der Waals surface area (Å²) >= 11 is 5.83. The normalized spacial score (nSPS) is 23.5. The van der Waals surface area contributed by atoms with Crippen LogP contribution in [0.5, 0.6) is 0 Å². The van der Waals surface area contributed by atoms with Crippen LogP contribution in [0.15, 0.2) is 18.2 Å². The van der Waals surface area contributed by atoms with Gasteiger partial charge in [0.15, 0.2) is 0 Å². The molecule has 2 atom stereocenters. The molecule has 0 aliphatic carbocycles. The van der Waals surface area contributed by atoms with E-state index in [2.05, 4.69) is 5.32 Å². The Bertz CT molecular complexity index is 902. The van der Waals surface area contributed by atoms with Gasteiger partial charge in [0, 0.05) is 51.5 Å². The van der Waals surface area contributed by atoms with Crippen LogP contribution in [-0.2, 0) is 14.3 Å². The summed E-state index contributed by atoms with van der Waals surface area (Å²) in [6.45, 7) is 6.41. The van der Waals surface area contributed by atoms with Crippen molar-refractivity contribution >= 4 is 23.6 Å². The molecule has 0 spiro atoms. The highest BCUT2D eigenvalue weighted by Crippen LogP contribution is 2.32. The van der Waals surface area contributed by atoms with E-state index in [9.17, 15) is 22.8 Å². The molecule has 2 heterocycles. The van der Waals surface area contributed by atoms with Crippen molar-refractivity contribution in [3.05, 3.63) is 34.6 Å². The largest absolute Gasteiger partial charge is 0.444 e. The van der Waals surface area contributed by atoms with Gasteiger partial charge in [0.05, 0.1) is 24.3 Å². The molecule has 2 fully saturated rings. The van der Waals surface area contributed by atoms with E-state index in [0.29, 0.717) is 5.56 Å². The first kappa shape index (κ1) is 27.5. The van der Waals surface area contributed by atoms with Crippen molar-refractivity contribution in [1.29, 1.82) is 0 Å². The maximum Gasteiger partial charge on any atom is 0.410 e. The van der Waals surface area contributed by atoms with E-state index < -0.39 is 35.5 Å². The number of hydrogen-bond donors (Lipinski definition) is 1. The van der Waals surface area contributed by atoms with E-state index in [-0.39, 0.29) is 69.6 Å². The Balaban J connectivity index is 1.70. The molecule has 2 aliphatic heterocycles. The fourth-order valence-electron chi connectivity index (χ4n) is 4.16. The second kappa shape index (κ2) is 11.3. The summed E-state index contributed by atoms with van der Waals surface area (Å²) in [6, 6.07) is 4.38. The fourth-order valence-corrected chi connectivity index (χ4v) is 4.28. The number of nitrogens with zero attached hydrogens (tertiary/aromatic N) is 2. The van der Waals surface area contributed by atoms with Gasteiger partial charge in [-0.15, -0.1) is 0 Å². The average molecular weight is 520 g/mol. The second-order valence-electron chi connectivity index (χ2n) is 10.1. The zero-order valence-electron chi connectivity index (χ0n) is 20.3. The monoisotopic (exact) mass is 519 g/mol. The first-order valence-corrected chi connectivity index (χ1v) is 12.1. The molecule has 0 unspecified atom stereocenters. The van der Waals surface area contributed by atoms with Crippen LogP contribution in [0.3, 0.4) is 0 Å². The highest BCUT2D eigenvalue weighted by atomic mass is 35.5. The van der Waals surface area contributed by atoms with Gasteiger partial charge in [-0.3, -0.25) is 9.69 Å². The minimum atomic E-state index is -2.68. The topological polar surface area (TPSA) is 71.1 Å². The number of carbonyl (C=O) groups is 2. The van der Waals surface area contributed by atoms with Crippen molar-refractivity contribution in [3.8, 4) is 0 Å². The molecule has 2 saturated heterocycles.